The van der Waals surface area contributed by atoms with Crippen molar-refractivity contribution >= 4 is 0 Å². The predicted molar refractivity (Wildman–Crippen MR) is 94.5 cm³/mol. The van der Waals surface area contributed by atoms with Gasteiger partial charge in [-0.1, -0.05) is 25.8 Å². The van der Waals surface area contributed by atoms with E-state index in [9.17, 15) is 26.3 Å². The summed E-state index contributed by atoms with van der Waals surface area (Å²) < 4.78 is 76.0. The van der Waals surface area contributed by atoms with E-state index in [2.05, 4.69) is 6.92 Å². The van der Waals surface area contributed by atoms with Gasteiger partial charge in [0.25, 0.3) is 5.92 Å². The van der Waals surface area contributed by atoms with E-state index >= 15 is 0 Å². The second-order valence-electron chi connectivity index (χ2n) is 7.97. The molecule has 0 spiro atoms. The van der Waals surface area contributed by atoms with E-state index < -0.39 is 36.3 Å². The molecule has 6 heteroatoms. The summed E-state index contributed by atoms with van der Waals surface area (Å²) in [6.45, 7) is 0.565. The van der Waals surface area contributed by atoms with Crippen LogP contribution < -0.4 is 0 Å². The first-order chi connectivity index (χ1) is 12.7. The van der Waals surface area contributed by atoms with Crippen LogP contribution in [0, 0.1) is 23.5 Å². The van der Waals surface area contributed by atoms with Crippen LogP contribution in [0.3, 0.4) is 0 Å². The Hall–Kier alpha value is -1.20. The summed E-state index contributed by atoms with van der Waals surface area (Å²) in [6.07, 6.45) is 4.41. The standard InChI is InChI=1S/C12H13F3.C9H15F3/c13-10-4-1-8(2-5-10)9-3-6-11(14)12(15)7-9;1-7-2-4-8(5-3-7)9(11,12)6-10/h3,6-8,10H,1-2,4-5H2;7-8H,2-6H2,1H3. The molecule has 0 N–H and O–H groups in total. The highest BCUT2D eigenvalue weighted by Gasteiger charge is 2.40. The summed E-state index contributed by atoms with van der Waals surface area (Å²) in [7, 11) is 0. The Morgan fingerprint density at radius 2 is 1.48 bits per heavy atom. The number of hydrogen-bond acceptors (Lipinski definition) is 0. The lowest BCUT2D eigenvalue weighted by molar-refractivity contribution is -0.0901. The minimum absolute atomic E-state index is 0.187. The monoisotopic (exact) mass is 394 g/mol. The molecule has 0 saturated heterocycles. The average Bonchev–Trinajstić information content (AvgIpc) is 2.65. The molecule has 27 heavy (non-hydrogen) atoms. The van der Waals surface area contributed by atoms with Gasteiger partial charge in [0, 0.05) is 5.92 Å². The maximum atomic E-state index is 13.0. The summed E-state index contributed by atoms with van der Waals surface area (Å²) in [5.74, 6) is -4.68. The lowest BCUT2D eigenvalue weighted by Gasteiger charge is -2.30. The zero-order chi connectivity index (χ0) is 20.0. The fourth-order valence-electron chi connectivity index (χ4n) is 3.94. The highest BCUT2D eigenvalue weighted by molar-refractivity contribution is 5.22. The first-order valence-electron chi connectivity index (χ1n) is 9.75. The number of benzene rings is 1. The molecule has 3 rings (SSSR count). The van der Waals surface area contributed by atoms with Crippen molar-refractivity contribution < 1.29 is 26.3 Å². The number of rotatable bonds is 3. The summed E-state index contributed by atoms with van der Waals surface area (Å²) in [5, 5.41) is 0. The number of hydrogen-bond donors (Lipinski definition) is 0. The predicted octanol–water partition coefficient (Wildman–Crippen LogP) is 7.38. The zero-order valence-electron chi connectivity index (χ0n) is 15.7. The van der Waals surface area contributed by atoms with Crippen LogP contribution in [0.4, 0.5) is 26.3 Å². The Bertz CT molecular complexity index is 572. The van der Waals surface area contributed by atoms with Gasteiger partial charge in [0.05, 0.1) is 0 Å². The topological polar surface area (TPSA) is 0 Å². The second-order valence-corrected chi connectivity index (χ2v) is 7.97. The van der Waals surface area contributed by atoms with Crippen LogP contribution in [-0.2, 0) is 0 Å². The van der Waals surface area contributed by atoms with Gasteiger partial charge in [-0.3, -0.25) is 0 Å². The maximum Gasteiger partial charge on any atom is 0.278 e. The van der Waals surface area contributed by atoms with Crippen LogP contribution in [0.1, 0.15) is 69.8 Å². The van der Waals surface area contributed by atoms with Crippen LogP contribution in [0.25, 0.3) is 0 Å². The lowest BCUT2D eigenvalue weighted by Crippen LogP contribution is -2.33. The lowest BCUT2D eigenvalue weighted by atomic mass is 9.80. The molecule has 2 aliphatic carbocycles. The molecule has 0 heterocycles. The van der Waals surface area contributed by atoms with E-state index in [4.69, 9.17) is 0 Å². The van der Waals surface area contributed by atoms with E-state index in [-0.39, 0.29) is 5.92 Å². The van der Waals surface area contributed by atoms with Gasteiger partial charge in [0.15, 0.2) is 18.3 Å². The minimum Gasteiger partial charge on any atom is -0.247 e. The van der Waals surface area contributed by atoms with Gasteiger partial charge in [0.1, 0.15) is 6.17 Å². The van der Waals surface area contributed by atoms with Crippen molar-refractivity contribution in [2.24, 2.45) is 11.8 Å². The molecule has 2 aliphatic rings. The molecule has 2 fully saturated rings. The molecule has 0 amide bonds. The largest absolute Gasteiger partial charge is 0.278 e. The fourth-order valence-corrected chi connectivity index (χ4v) is 3.94. The van der Waals surface area contributed by atoms with Crippen molar-refractivity contribution in [3.63, 3.8) is 0 Å². The molecule has 1 aromatic carbocycles. The average molecular weight is 394 g/mol. The summed E-state index contributed by atoms with van der Waals surface area (Å²) >= 11 is 0. The van der Waals surface area contributed by atoms with Crippen molar-refractivity contribution in [2.45, 2.75) is 76.3 Å². The van der Waals surface area contributed by atoms with Gasteiger partial charge >= 0.3 is 0 Å². The van der Waals surface area contributed by atoms with Crippen LogP contribution in [0.5, 0.6) is 0 Å². The van der Waals surface area contributed by atoms with E-state index in [1.54, 1.807) is 6.07 Å². The highest BCUT2D eigenvalue weighted by Crippen LogP contribution is 2.38. The van der Waals surface area contributed by atoms with Crippen LogP contribution >= 0.6 is 0 Å². The van der Waals surface area contributed by atoms with E-state index in [1.165, 1.54) is 6.07 Å². The van der Waals surface area contributed by atoms with Crippen LogP contribution in [0.2, 0.25) is 0 Å². The van der Waals surface area contributed by atoms with Gasteiger partial charge < -0.3 is 0 Å². The molecular formula is C21H28F6. The third-order valence-corrected chi connectivity index (χ3v) is 5.86. The molecule has 1 aromatic rings. The van der Waals surface area contributed by atoms with Crippen LogP contribution in [0.15, 0.2) is 18.2 Å². The van der Waals surface area contributed by atoms with Crippen molar-refractivity contribution in [1.29, 1.82) is 0 Å². The molecule has 0 nitrogen and oxygen atoms in total. The van der Waals surface area contributed by atoms with E-state index in [0.29, 0.717) is 31.6 Å². The Morgan fingerprint density at radius 1 is 0.889 bits per heavy atom. The Balaban J connectivity index is 0.000000199. The van der Waals surface area contributed by atoms with Crippen molar-refractivity contribution in [1.82, 2.24) is 0 Å². The Labute approximate surface area is 157 Å². The highest BCUT2D eigenvalue weighted by atomic mass is 19.3. The van der Waals surface area contributed by atoms with E-state index in [0.717, 1.165) is 37.3 Å². The summed E-state index contributed by atoms with van der Waals surface area (Å²) in [5.41, 5.74) is 0.792. The SMILES string of the molecule is CC1CCC(C(F)(F)CF)CC1.Fc1ccc(C2CCC(F)CC2)cc1F. The third kappa shape index (κ3) is 6.42. The molecule has 154 valence electrons. The molecule has 0 aliphatic heterocycles. The van der Waals surface area contributed by atoms with Crippen molar-refractivity contribution in [3.8, 4) is 0 Å². The molecular weight excluding hydrogens is 366 g/mol. The third-order valence-electron chi connectivity index (χ3n) is 5.86. The van der Waals surface area contributed by atoms with Gasteiger partial charge in [-0.05, 0) is 68.1 Å². The number of halogens is 6. The second kappa shape index (κ2) is 9.83. The molecule has 2 saturated carbocycles. The normalized spacial score (nSPS) is 29.0. The Morgan fingerprint density at radius 3 is 2.00 bits per heavy atom. The van der Waals surface area contributed by atoms with Gasteiger partial charge in [-0.25, -0.2) is 26.3 Å². The van der Waals surface area contributed by atoms with E-state index in [1.807, 2.05) is 0 Å². The summed E-state index contributed by atoms with van der Waals surface area (Å²) in [4.78, 5) is 0. The molecule has 0 aromatic heterocycles. The minimum atomic E-state index is -3.07. The van der Waals surface area contributed by atoms with Gasteiger partial charge in [-0.15, -0.1) is 0 Å². The van der Waals surface area contributed by atoms with Crippen LogP contribution in [-0.4, -0.2) is 18.8 Å². The smallest absolute Gasteiger partial charge is 0.247 e. The molecule has 0 unspecified atom stereocenters. The van der Waals surface area contributed by atoms with Crippen molar-refractivity contribution in [3.05, 3.63) is 35.4 Å². The Kier molecular flexibility index (Phi) is 8.04. The summed E-state index contributed by atoms with van der Waals surface area (Å²) in [6, 6.07) is 3.98. The number of alkyl halides is 4. The first-order valence-corrected chi connectivity index (χ1v) is 9.75. The molecule has 0 radical (unpaired) electrons. The molecule has 0 bridgehead atoms. The van der Waals surface area contributed by atoms with Crippen molar-refractivity contribution in [2.75, 3.05) is 6.67 Å². The quantitative estimate of drug-likeness (QED) is 0.469. The zero-order valence-corrected chi connectivity index (χ0v) is 15.7. The molecule has 0 atom stereocenters. The fraction of sp³-hybridized carbons (Fsp3) is 0.714. The van der Waals surface area contributed by atoms with Gasteiger partial charge in [-0.2, -0.15) is 0 Å². The first kappa shape index (κ1) is 22.1. The maximum absolute atomic E-state index is 13.0. The van der Waals surface area contributed by atoms with Gasteiger partial charge in [0.2, 0.25) is 0 Å².